The van der Waals surface area contributed by atoms with Crippen molar-refractivity contribution < 1.29 is 8.42 Å². The molecular weight excluding hydrogens is 322 g/mol. The third kappa shape index (κ3) is 2.84. The first-order valence-corrected chi connectivity index (χ1v) is 8.55. The number of sulfonamides is 1. The predicted molar refractivity (Wildman–Crippen MR) is 89.8 cm³/mol. The first-order chi connectivity index (χ1) is 10.0. The molecule has 2 unspecified atom stereocenters. The lowest BCUT2D eigenvalue weighted by atomic mass is 10.1. The number of hydrogen-bond donors (Lipinski definition) is 1. The Kier molecular flexibility index (Phi) is 5.07. The molecule has 2 heterocycles. The second-order valence-corrected chi connectivity index (χ2v) is 7.29. The summed E-state index contributed by atoms with van der Waals surface area (Å²) >= 11 is 0. The van der Waals surface area contributed by atoms with Gasteiger partial charge >= 0.3 is 0 Å². The molecular formula is C15H20ClN3O2S. The number of nitrogens with one attached hydrogen (secondary N) is 1. The number of piperazine rings is 1. The van der Waals surface area contributed by atoms with Crippen molar-refractivity contribution in [2.45, 2.75) is 30.8 Å². The topological polar surface area (TPSA) is 62.3 Å². The van der Waals surface area contributed by atoms with Gasteiger partial charge in [-0.1, -0.05) is 18.2 Å². The van der Waals surface area contributed by atoms with E-state index < -0.39 is 10.0 Å². The standard InChI is InChI=1S/C15H19N3O2S.ClH/c1-11-12(2)18(10-9-16-11)21(19,20)14-7-3-5-13-6-4-8-17-15(13)14;/h3-8,11-12,16H,9-10H2,1-2H3;1H. The van der Waals surface area contributed by atoms with Crippen LogP contribution < -0.4 is 5.32 Å². The number of pyridine rings is 1. The van der Waals surface area contributed by atoms with Crippen molar-refractivity contribution in [3.05, 3.63) is 36.5 Å². The Labute approximate surface area is 137 Å². The molecule has 1 fully saturated rings. The number of benzene rings is 1. The Balaban J connectivity index is 0.00000176. The summed E-state index contributed by atoms with van der Waals surface area (Å²) in [6.45, 7) is 5.10. The summed E-state index contributed by atoms with van der Waals surface area (Å²) in [6, 6.07) is 9.04. The fourth-order valence-corrected chi connectivity index (χ4v) is 4.65. The summed E-state index contributed by atoms with van der Waals surface area (Å²) in [5, 5.41) is 4.14. The van der Waals surface area contributed by atoms with Crippen LogP contribution in [0.4, 0.5) is 0 Å². The van der Waals surface area contributed by atoms with Crippen molar-refractivity contribution in [1.82, 2.24) is 14.6 Å². The van der Waals surface area contributed by atoms with Gasteiger partial charge < -0.3 is 5.32 Å². The quantitative estimate of drug-likeness (QED) is 0.907. The second kappa shape index (κ2) is 6.50. The van der Waals surface area contributed by atoms with E-state index in [1.54, 1.807) is 22.6 Å². The number of fused-ring (bicyclic) bond motifs is 1. The zero-order valence-electron chi connectivity index (χ0n) is 12.6. The molecule has 1 saturated heterocycles. The average Bonchev–Trinajstić information content (AvgIpc) is 2.49. The van der Waals surface area contributed by atoms with E-state index in [1.165, 1.54) is 0 Å². The van der Waals surface area contributed by atoms with Crippen molar-refractivity contribution >= 4 is 33.3 Å². The van der Waals surface area contributed by atoms with Crippen LogP contribution in [-0.4, -0.2) is 42.9 Å². The second-order valence-electron chi connectivity index (χ2n) is 5.43. The van der Waals surface area contributed by atoms with Crippen molar-refractivity contribution in [3.8, 4) is 0 Å². The van der Waals surface area contributed by atoms with Gasteiger partial charge in [-0.3, -0.25) is 4.98 Å². The van der Waals surface area contributed by atoms with Crippen LogP contribution in [0.25, 0.3) is 10.9 Å². The van der Waals surface area contributed by atoms with Gasteiger partial charge in [0.15, 0.2) is 0 Å². The van der Waals surface area contributed by atoms with E-state index in [1.807, 2.05) is 32.0 Å². The molecule has 0 saturated carbocycles. The molecule has 0 aliphatic carbocycles. The van der Waals surface area contributed by atoms with Gasteiger partial charge in [-0.05, 0) is 26.0 Å². The molecule has 1 aromatic carbocycles. The van der Waals surface area contributed by atoms with Crippen LogP contribution in [0.3, 0.4) is 0 Å². The van der Waals surface area contributed by atoms with Gasteiger partial charge in [0.2, 0.25) is 10.0 Å². The third-order valence-corrected chi connectivity index (χ3v) is 6.18. The van der Waals surface area contributed by atoms with E-state index >= 15 is 0 Å². The van der Waals surface area contributed by atoms with Gasteiger partial charge in [0.05, 0.1) is 5.52 Å². The molecule has 1 aliphatic heterocycles. The largest absolute Gasteiger partial charge is 0.311 e. The number of nitrogens with zero attached hydrogens (tertiary/aromatic N) is 2. The smallest absolute Gasteiger partial charge is 0.245 e. The van der Waals surface area contributed by atoms with Crippen LogP contribution >= 0.6 is 12.4 Å². The van der Waals surface area contributed by atoms with Crippen LogP contribution in [0.2, 0.25) is 0 Å². The Morgan fingerprint density at radius 1 is 1.23 bits per heavy atom. The fraction of sp³-hybridized carbons (Fsp3) is 0.400. The van der Waals surface area contributed by atoms with E-state index in [0.717, 1.165) is 5.39 Å². The van der Waals surface area contributed by atoms with Gasteiger partial charge in [0, 0.05) is 36.8 Å². The molecule has 5 nitrogen and oxygen atoms in total. The lowest BCUT2D eigenvalue weighted by molar-refractivity contribution is 0.233. The lowest BCUT2D eigenvalue weighted by Crippen LogP contribution is -2.57. The van der Waals surface area contributed by atoms with Crippen LogP contribution in [0, 0.1) is 0 Å². The molecule has 0 radical (unpaired) electrons. The molecule has 2 atom stereocenters. The monoisotopic (exact) mass is 341 g/mol. The van der Waals surface area contributed by atoms with E-state index in [4.69, 9.17) is 0 Å². The minimum atomic E-state index is -3.54. The van der Waals surface area contributed by atoms with Gasteiger partial charge in [0.1, 0.15) is 4.90 Å². The third-order valence-electron chi connectivity index (χ3n) is 4.16. The SMILES string of the molecule is CC1NCCN(S(=O)(=O)c2cccc3cccnc23)C1C.Cl. The summed E-state index contributed by atoms with van der Waals surface area (Å²) in [7, 11) is -3.54. The van der Waals surface area contributed by atoms with Crippen LogP contribution in [0.15, 0.2) is 41.4 Å². The molecule has 1 N–H and O–H groups in total. The Hall–Kier alpha value is -1.21. The maximum atomic E-state index is 13.0. The highest BCUT2D eigenvalue weighted by Gasteiger charge is 2.35. The van der Waals surface area contributed by atoms with Crippen molar-refractivity contribution in [2.24, 2.45) is 0 Å². The van der Waals surface area contributed by atoms with Gasteiger partial charge in [-0.15, -0.1) is 12.4 Å². The van der Waals surface area contributed by atoms with Crippen LogP contribution in [0.5, 0.6) is 0 Å². The summed E-state index contributed by atoms with van der Waals surface area (Å²) in [5.41, 5.74) is 0.540. The molecule has 0 amide bonds. The maximum Gasteiger partial charge on any atom is 0.245 e. The minimum Gasteiger partial charge on any atom is -0.311 e. The molecule has 0 bridgehead atoms. The highest BCUT2D eigenvalue weighted by molar-refractivity contribution is 7.89. The highest BCUT2D eigenvalue weighted by atomic mass is 35.5. The Morgan fingerprint density at radius 2 is 1.95 bits per heavy atom. The van der Waals surface area contributed by atoms with Gasteiger partial charge in [0.25, 0.3) is 0 Å². The summed E-state index contributed by atoms with van der Waals surface area (Å²) in [6.07, 6.45) is 1.63. The van der Waals surface area contributed by atoms with Crippen LogP contribution in [-0.2, 0) is 10.0 Å². The first kappa shape index (κ1) is 17.1. The summed E-state index contributed by atoms with van der Waals surface area (Å²) < 4.78 is 27.6. The molecule has 2 aromatic rings. The van der Waals surface area contributed by atoms with E-state index in [9.17, 15) is 8.42 Å². The molecule has 22 heavy (non-hydrogen) atoms. The zero-order valence-corrected chi connectivity index (χ0v) is 14.2. The maximum absolute atomic E-state index is 13.0. The van der Waals surface area contributed by atoms with Gasteiger partial charge in [-0.25, -0.2) is 8.42 Å². The highest BCUT2D eigenvalue weighted by Crippen LogP contribution is 2.26. The zero-order chi connectivity index (χ0) is 15.0. The number of rotatable bonds is 2. The molecule has 3 rings (SSSR count). The predicted octanol–water partition coefficient (Wildman–Crippen LogP) is 2.03. The fourth-order valence-electron chi connectivity index (χ4n) is 2.78. The number of halogens is 1. The first-order valence-electron chi connectivity index (χ1n) is 7.11. The van der Waals surface area contributed by atoms with Gasteiger partial charge in [-0.2, -0.15) is 4.31 Å². The Bertz CT molecular complexity index is 761. The summed E-state index contributed by atoms with van der Waals surface area (Å²) in [5.74, 6) is 0. The summed E-state index contributed by atoms with van der Waals surface area (Å²) in [4.78, 5) is 4.56. The van der Waals surface area contributed by atoms with Crippen molar-refractivity contribution in [2.75, 3.05) is 13.1 Å². The minimum absolute atomic E-state index is 0. The normalized spacial score (nSPS) is 23.2. The van der Waals surface area contributed by atoms with E-state index in [-0.39, 0.29) is 24.5 Å². The van der Waals surface area contributed by atoms with Crippen molar-refractivity contribution in [1.29, 1.82) is 0 Å². The van der Waals surface area contributed by atoms with Crippen molar-refractivity contribution in [3.63, 3.8) is 0 Å². The van der Waals surface area contributed by atoms with E-state index in [2.05, 4.69) is 10.3 Å². The number of hydrogen-bond acceptors (Lipinski definition) is 4. The molecule has 1 aromatic heterocycles. The Morgan fingerprint density at radius 3 is 2.73 bits per heavy atom. The number of aromatic nitrogens is 1. The molecule has 0 spiro atoms. The lowest BCUT2D eigenvalue weighted by Gasteiger charge is -2.37. The molecule has 1 aliphatic rings. The molecule has 7 heteroatoms. The number of para-hydroxylation sites is 1. The van der Waals surface area contributed by atoms with E-state index in [0.29, 0.717) is 23.5 Å². The molecule has 120 valence electrons. The average molecular weight is 342 g/mol. The van der Waals surface area contributed by atoms with Crippen LogP contribution in [0.1, 0.15) is 13.8 Å².